The molecule has 0 unspecified atom stereocenters. The summed E-state index contributed by atoms with van der Waals surface area (Å²) in [4.78, 5) is 0. The van der Waals surface area contributed by atoms with Crippen molar-refractivity contribution in [2.24, 2.45) is 5.92 Å². The molecule has 0 aromatic carbocycles. The first-order chi connectivity index (χ1) is 4.61. The molecule has 1 heterocycles. The van der Waals surface area contributed by atoms with Gasteiger partial charge >= 0.3 is 5.24 Å². The van der Waals surface area contributed by atoms with Crippen LogP contribution >= 0.6 is 12.2 Å². The van der Waals surface area contributed by atoms with Crippen LogP contribution in [0.3, 0.4) is 0 Å². The summed E-state index contributed by atoms with van der Waals surface area (Å²) in [5.41, 5.74) is 0. The van der Waals surface area contributed by atoms with Crippen LogP contribution in [0.25, 0.3) is 0 Å². The molecule has 1 rings (SSSR count). The Morgan fingerprint density at radius 1 is 1.40 bits per heavy atom. The van der Waals surface area contributed by atoms with Gasteiger partial charge < -0.3 is 9.47 Å². The molecule has 2 nitrogen and oxygen atoms in total. The van der Waals surface area contributed by atoms with E-state index in [4.69, 9.17) is 21.7 Å². The van der Waals surface area contributed by atoms with Crippen molar-refractivity contribution in [3.8, 4) is 0 Å². The number of ether oxygens (including phenoxy) is 2. The Bertz CT molecular complexity index is 145. The van der Waals surface area contributed by atoms with Gasteiger partial charge in [-0.1, -0.05) is 13.8 Å². The Morgan fingerprint density at radius 2 is 2.00 bits per heavy atom. The van der Waals surface area contributed by atoms with Crippen LogP contribution in [0.15, 0.2) is 0 Å². The fourth-order valence-electron chi connectivity index (χ4n) is 1.13. The van der Waals surface area contributed by atoms with Gasteiger partial charge in [0.15, 0.2) is 0 Å². The van der Waals surface area contributed by atoms with Crippen LogP contribution in [0, 0.1) is 5.92 Å². The van der Waals surface area contributed by atoms with Crippen LogP contribution in [-0.2, 0) is 9.47 Å². The molecule has 2 atom stereocenters. The van der Waals surface area contributed by atoms with Gasteiger partial charge in [0.05, 0.1) is 0 Å². The predicted octanol–water partition coefficient (Wildman–Crippen LogP) is 1.73. The molecule has 0 amide bonds. The average molecular weight is 160 g/mol. The normalized spacial score (nSPS) is 32.2. The van der Waals surface area contributed by atoms with Gasteiger partial charge in [0.2, 0.25) is 0 Å². The molecule has 3 heteroatoms. The van der Waals surface area contributed by atoms with Crippen molar-refractivity contribution < 1.29 is 9.47 Å². The van der Waals surface area contributed by atoms with Crippen LogP contribution in [0.2, 0.25) is 0 Å². The van der Waals surface area contributed by atoms with Crippen molar-refractivity contribution in [2.45, 2.75) is 33.0 Å². The molecular weight excluding hydrogens is 148 g/mol. The molecular formula is C7H12O2S. The minimum atomic E-state index is 0.118. The zero-order valence-electron chi connectivity index (χ0n) is 6.46. The standard InChI is InChI=1S/C7H12O2S/c1-4(2)6-5(3)8-7(10)9-6/h4-6H,1-3H3/t5-,6-/m1/s1. The second-order valence-electron chi connectivity index (χ2n) is 2.90. The summed E-state index contributed by atoms with van der Waals surface area (Å²) >= 11 is 4.75. The Balaban J connectivity index is 2.54. The van der Waals surface area contributed by atoms with Crippen LogP contribution in [0.4, 0.5) is 0 Å². The summed E-state index contributed by atoms with van der Waals surface area (Å²) < 4.78 is 10.4. The third kappa shape index (κ3) is 1.40. The summed E-state index contributed by atoms with van der Waals surface area (Å²) in [5.74, 6) is 0.468. The fraction of sp³-hybridized carbons (Fsp3) is 0.857. The lowest BCUT2D eigenvalue weighted by Gasteiger charge is -2.14. The van der Waals surface area contributed by atoms with Gasteiger partial charge in [-0.15, -0.1) is 0 Å². The Labute approximate surface area is 66.5 Å². The molecule has 0 radical (unpaired) electrons. The molecule has 1 aliphatic rings. The van der Waals surface area contributed by atoms with Crippen molar-refractivity contribution in [1.29, 1.82) is 0 Å². The molecule has 0 N–H and O–H groups in total. The molecule has 0 aromatic rings. The van der Waals surface area contributed by atoms with Crippen molar-refractivity contribution in [3.05, 3.63) is 0 Å². The monoisotopic (exact) mass is 160 g/mol. The first-order valence-electron chi connectivity index (χ1n) is 3.48. The van der Waals surface area contributed by atoms with Gasteiger partial charge in [-0.3, -0.25) is 0 Å². The van der Waals surface area contributed by atoms with Crippen molar-refractivity contribution in [1.82, 2.24) is 0 Å². The maximum atomic E-state index is 5.24. The summed E-state index contributed by atoms with van der Waals surface area (Å²) in [5, 5.41) is 0.297. The molecule has 0 bridgehead atoms. The summed E-state index contributed by atoms with van der Waals surface area (Å²) in [7, 11) is 0. The van der Waals surface area contributed by atoms with E-state index >= 15 is 0 Å². The first kappa shape index (κ1) is 7.79. The van der Waals surface area contributed by atoms with Crippen molar-refractivity contribution in [3.63, 3.8) is 0 Å². The van der Waals surface area contributed by atoms with Gasteiger partial charge in [-0.25, -0.2) is 0 Å². The molecule has 0 aliphatic carbocycles. The van der Waals surface area contributed by atoms with E-state index in [0.29, 0.717) is 11.2 Å². The van der Waals surface area contributed by atoms with Gasteiger partial charge in [0.1, 0.15) is 12.2 Å². The largest absolute Gasteiger partial charge is 0.450 e. The molecule has 1 aliphatic heterocycles. The van der Waals surface area contributed by atoms with Gasteiger partial charge in [0.25, 0.3) is 0 Å². The van der Waals surface area contributed by atoms with Crippen LogP contribution < -0.4 is 0 Å². The van der Waals surface area contributed by atoms with Gasteiger partial charge in [-0.2, -0.15) is 0 Å². The zero-order valence-corrected chi connectivity index (χ0v) is 7.27. The van der Waals surface area contributed by atoms with Crippen LogP contribution in [0.1, 0.15) is 20.8 Å². The van der Waals surface area contributed by atoms with E-state index in [1.54, 1.807) is 0 Å². The van der Waals surface area contributed by atoms with E-state index in [0.717, 1.165) is 0 Å². The highest BCUT2D eigenvalue weighted by Crippen LogP contribution is 2.21. The quantitative estimate of drug-likeness (QED) is 0.544. The van der Waals surface area contributed by atoms with Crippen molar-refractivity contribution in [2.75, 3.05) is 0 Å². The predicted molar refractivity (Wildman–Crippen MR) is 42.9 cm³/mol. The van der Waals surface area contributed by atoms with E-state index in [1.807, 2.05) is 6.92 Å². The Kier molecular flexibility index (Phi) is 2.14. The average Bonchev–Trinajstić information content (AvgIpc) is 2.10. The summed E-state index contributed by atoms with van der Waals surface area (Å²) in [6, 6.07) is 0. The number of rotatable bonds is 1. The second-order valence-corrected chi connectivity index (χ2v) is 3.23. The molecule has 1 saturated heterocycles. The van der Waals surface area contributed by atoms with E-state index in [1.165, 1.54) is 0 Å². The fourth-order valence-corrected chi connectivity index (χ4v) is 1.39. The van der Waals surface area contributed by atoms with E-state index in [2.05, 4.69) is 13.8 Å². The molecule has 1 fully saturated rings. The van der Waals surface area contributed by atoms with E-state index in [-0.39, 0.29) is 12.2 Å². The van der Waals surface area contributed by atoms with E-state index in [9.17, 15) is 0 Å². The third-order valence-electron chi connectivity index (χ3n) is 1.63. The summed E-state index contributed by atoms with van der Waals surface area (Å²) in [6.45, 7) is 6.17. The number of hydrogen-bond acceptors (Lipinski definition) is 3. The van der Waals surface area contributed by atoms with E-state index < -0.39 is 0 Å². The highest BCUT2D eigenvalue weighted by molar-refractivity contribution is 7.79. The maximum Gasteiger partial charge on any atom is 0.353 e. The minimum absolute atomic E-state index is 0.118. The van der Waals surface area contributed by atoms with Crippen LogP contribution in [0.5, 0.6) is 0 Å². The van der Waals surface area contributed by atoms with Crippen molar-refractivity contribution >= 4 is 17.5 Å². The topological polar surface area (TPSA) is 18.5 Å². The molecule has 0 aromatic heterocycles. The summed E-state index contributed by atoms with van der Waals surface area (Å²) in [6.07, 6.45) is 0.264. The maximum absolute atomic E-state index is 5.24. The van der Waals surface area contributed by atoms with Gasteiger partial charge in [0, 0.05) is 12.2 Å². The minimum Gasteiger partial charge on any atom is -0.450 e. The SMILES string of the molecule is CC(C)[C@H]1OC(=S)O[C@@H]1C. The Morgan fingerprint density at radius 3 is 2.20 bits per heavy atom. The smallest absolute Gasteiger partial charge is 0.353 e. The lowest BCUT2D eigenvalue weighted by atomic mass is 10.0. The van der Waals surface area contributed by atoms with Crippen LogP contribution in [-0.4, -0.2) is 17.4 Å². The highest BCUT2D eigenvalue weighted by atomic mass is 32.1. The second kappa shape index (κ2) is 2.74. The zero-order chi connectivity index (χ0) is 7.72. The lowest BCUT2D eigenvalue weighted by Crippen LogP contribution is -2.24. The molecule has 0 saturated carbocycles. The number of thiocarbonyl (C=S) groups is 1. The highest BCUT2D eigenvalue weighted by Gasteiger charge is 2.32. The molecule has 0 spiro atoms. The lowest BCUT2D eigenvalue weighted by molar-refractivity contribution is 0.126. The number of hydrogen-bond donors (Lipinski definition) is 0. The molecule has 58 valence electrons. The van der Waals surface area contributed by atoms with Gasteiger partial charge in [-0.05, 0) is 12.8 Å². The third-order valence-corrected chi connectivity index (χ3v) is 1.83. The Hall–Kier alpha value is -0.310. The molecule has 10 heavy (non-hydrogen) atoms. The first-order valence-corrected chi connectivity index (χ1v) is 3.89.